The van der Waals surface area contributed by atoms with E-state index in [0.29, 0.717) is 6.54 Å². The Kier molecular flexibility index (Phi) is 6.17. The molecular weight excluding hydrogens is 340 g/mol. The van der Waals surface area contributed by atoms with Crippen molar-refractivity contribution in [2.45, 2.75) is 25.3 Å². The lowest BCUT2D eigenvalue weighted by atomic mass is 10.1. The van der Waals surface area contributed by atoms with E-state index in [0.717, 1.165) is 22.4 Å². The van der Waals surface area contributed by atoms with Crippen molar-refractivity contribution in [3.05, 3.63) is 59.2 Å². The highest BCUT2D eigenvalue weighted by atomic mass is 32.2. The van der Waals surface area contributed by atoms with Crippen LogP contribution in [0.15, 0.2) is 47.4 Å². The molecule has 0 aliphatic carbocycles. The number of benzene rings is 2. The van der Waals surface area contributed by atoms with Crippen LogP contribution in [0.3, 0.4) is 0 Å². The first-order chi connectivity index (χ1) is 11.8. The minimum Gasteiger partial charge on any atom is -0.497 e. The highest BCUT2D eigenvalue weighted by Gasteiger charge is 2.16. The molecule has 1 amide bonds. The molecule has 7 heteroatoms. The van der Waals surface area contributed by atoms with Gasteiger partial charge in [0.2, 0.25) is 15.9 Å². The number of carbonyl (C=O) groups is 1. The topological polar surface area (TPSA) is 84.5 Å². The Bertz CT molecular complexity index is 846. The molecule has 2 aromatic carbocycles. The van der Waals surface area contributed by atoms with Crippen LogP contribution in [0.25, 0.3) is 0 Å². The van der Waals surface area contributed by atoms with Crippen LogP contribution in [-0.2, 0) is 21.4 Å². The van der Waals surface area contributed by atoms with Crippen molar-refractivity contribution in [1.29, 1.82) is 0 Å². The molecular formula is C18H22N2O4S. The third kappa shape index (κ3) is 5.30. The van der Waals surface area contributed by atoms with Gasteiger partial charge in [0.25, 0.3) is 0 Å². The fourth-order valence-corrected chi connectivity index (χ4v) is 3.20. The van der Waals surface area contributed by atoms with Crippen LogP contribution in [0.4, 0.5) is 0 Å². The Hall–Kier alpha value is -2.38. The van der Waals surface area contributed by atoms with E-state index in [1.165, 1.54) is 6.07 Å². The maximum atomic E-state index is 12.2. The van der Waals surface area contributed by atoms with Gasteiger partial charge in [-0.15, -0.1) is 0 Å². The first-order valence-electron chi connectivity index (χ1n) is 7.78. The third-order valence-electron chi connectivity index (χ3n) is 3.86. The highest BCUT2D eigenvalue weighted by Crippen LogP contribution is 2.14. The zero-order valence-electron chi connectivity index (χ0n) is 14.5. The van der Waals surface area contributed by atoms with Gasteiger partial charge in [-0.25, -0.2) is 13.1 Å². The van der Waals surface area contributed by atoms with E-state index in [4.69, 9.17) is 4.74 Å². The second kappa shape index (κ2) is 8.13. The van der Waals surface area contributed by atoms with Crippen LogP contribution < -0.4 is 14.8 Å². The lowest BCUT2D eigenvalue weighted by Crippen LogP contribution is -2.36. The highest BCUT2D eigenvalue weighted by molar-refractivity contribution is 7.89. The summed E-state index contributed by atoms with van der Waals surface area (Å²) in [5.41, 5.74) is 2.79. The molecule has 2 N–H and O–H groups in total. The van der Waals surface area contributed by atoms with E-state index in [2.05, 4.69) is 10.0 Å². The molecule has 25 heavy (non-hydrogen) atoms. The molecule has 2 aromatic rings. The molecule has 134 valence electrons. The standard InChI is InChI=1S/C18H22N2O4S/c1-13-4-9-17(10-14(13)2)25(22,23)20-12-18(21)19-11-15-5-7-16(24-3)8-6-15/h4-10,20H,11-12H2,1-3H3,(H,19,21). The number of hydrogen-bond donors (Lipinski definition) is 2. The molecule has 2 rings (SSSR count). The first-order valence-corrected chi connectivity index (χ1v) is 9.26. The van der Waals surface area contributed by atoms with Crippen molar-refractivity contribution in [2.75, 3.05) is 13.7 Å². The van der Waals surface area contributed by atoms with Gasteiger partial charge >= 0.3 is 0 Å². The zero-order valence-corrected chi connectivity index (χ0v) is 15.3. The van der Waals surface area contributed by atoms with E-state index in [-0.39, 0.29) is 11.4 Å². The maximum absolute atomic E-state index is 12.2. The largest absolute Gasteiger partial charge is 0.497 e. The van der Waals surface area contributed by atoms with E-state index < -0.39 is 15.9 Å². The summed E-state index contributed by atoms with van der Waals surface area (Å²) in [5, 5.41) is 2.67. The van der Waals surface area contributed by atoms with Gasteiger partial charge in [0.05, 0.1) is 18.6 Å². The van der Waals surface area contributed by atoms with E-state index >= 15 is 0 Å². The van der Waals surface area contributed by atoms with Crippen LogP contribution in [0.5, 0.6) is 5.75 Å². The van der Waals surface area contributed by atoms with E-state index in [1.807, 2.05) is 26.0 Å². The van der Waals surface area contributed by atoms with Crippen LogP contribution in [0, 0.1) is 13.8 Å². The molecule has 0 aliphatic rings. The predicted molar refractivity (Wildman–Crippen MR) is 95.9 cm³/mol. The van der Waals surface area contributed by atoms with Gasteiger partial charge in [0.1, 0.15) is 5.75 Å². The summed E-state index contributed by atoms with van der Waals surface area (Å²) >= 11 is 0. The molecule has 0 radical (unpaired) electrons. The van der Waals surface area contributed by atoms with Crippen LogP contribution in [0.1, 0.15) is 16.7 Å². The van der Waals surface area contributed by atoms with Gasteiger partial charge < -0.3 is 10.1 Å². The van der Waals surface area contributed by atoms with Crippen molar-refractivity contribution >= 4 is 15.9 Å². The molecule has 0 fully saturated rings. The van der Waals surface area contributed by atoms with Gasteiger partial charge in [-0.05, 0) is 54.8 Å². The zero-order chi connectivity index (χ0) is 18.4. The van der Waals surface area contributed by atoms with E-state index in [1.54, 1.807) is 31.4 Å². The van der Waals surface area contributed by atoms with Crippen LogP contribution >= 0.6 is 0 Å². The molecule has 0 aliphatic heterocycles. The maximum Gasteiger partial charge on any atom is 0.241 e. The average Bonchev–Trinajstić information content (AvgIpc) is 2.61. The van der Waals surface area contributed by atoms with Crippen LogP contribution in [-0.4, -0.2) is 28.0 Å². The first kappa shape index (κ1) is 19.0. The number of methoxy groups -OCH3 is 1. The summed E-state index contributed by atoms with van der Waals surface area (Å²) in [6.07, 6.45) is 0. The number of carbonyl (C=O) groups excluding carboxylic acids is 1. The van der Waals surface area contributed by atoms with Crippen molar-refractivity contribution in [3.8, 4) is 5.75 Å². The van der Waals surface area contributed by atoms with Gasteiger partial charge in [0, 0.05) is 6.54 Å². The summed E-state index contributed by atoms with van der Waals surface area (Å²) < 4.78 is 31.9. The van der Waals surface area contributed by atoms with Crippen molar-refractivity contribution in [3.63, 3.8) is 0 Å². The molecule has 0 saturated carbocycles. The predicted octanol–water partition coefficient (Wildman–Crippen LogP) is 1.91. The second-order valence-corrected chi connectivity index (χ2v) is 7.46. The Balaban J connectivity index is 1.88. The van der Waals surface area contributed by atoms with Gasteiger partial charge in [-0.1, -0.05) is 18.2 Å². The molecule has 0 bridgehead atoms. The lowest BCUT2D eigenvalue weighted by Gasteiger charge is -2.09. The molecule has 0 unspecified atom stereocenters. The van der Waals surface area contributed by atoms with Gasteiger partial charge in [0.15, 0.2) is 0 Å². The number of hydrogen-bond acceptors (Lipinski definition) is 4. The third-order valence-corrected chi connectivity index (χ3v) is 5.26. The molecule has 0 aromatic heterocycles. The average molecular weight is 362 g/mol. The molecule has 0 heterocycles. The number of sulfonamides is 1. The van der Waals surface area contributed by atoms with Crippen molar-refractivity contribution in [2.24, 2.45) is 0 Å². The fraction of sp³-hybridized carbons (Fsp3) is 0.278. The van der Waals surface area contributed by atoms with Gasteiger partial charge in [-0.2, -0.15) is 0 Å². The Labute approximate surface area is 148 Å². The molecule has 0 atom stereocenters. The minimum atomic E-state index is -3.71. The lowest BCUT2D eigenvalue weighted by molar-refractivity contribution is -0.120. The Morgan fingerprint density at radius 2 is 1.72 bits per heavy atom. The number of ether oxygens (including phenoxy) is 1. The Morgan fingerprint density at radius 3 is 2.32 bits per heavy atom. The summed E-state index contributed by atoms with van der Waals surface area (Å²) in [5.74, 6) is 0.333. The second-order valence-electron chi connectivity index (χ2n) is 5.70. The summed E-state index contributed by atoms with van der Waals surface area (Å²) in [7, 11) is -2.13. The number of rotatable bonds is 7. The molecule has 0 spiro atoms. The van der Waals surface area contributed by atoms with Crippen molar-refractivity contribution < 1.29 is 17.9 Å². The summed E-state index contributed by atoms with van der Waals surface area (Å²) in [4.78, 5) is 12.0. The SMILES string of the molecule is COc1ccc(CNC(=O)CNS(=O)(=O)c2ccc(C)c(C)c2)cc1. The summed E-state index contributed by atoms with van der Waals surface area (Å²) in [6, 6.07) is 12.1. The van der Waals surface area contributed by atoms with Gasteiger partial charge in [-0.3, -0.25) is 4.79 Å². The summed E-state index contributed by atoms with van der Waals surface area (Å²) in [6.45, 7) is 3.75. The normalized spacial score (nSPS) is 11.2. The Morgan fingerprint density at radius 1 is 1.04 bits per heavy atom. The fourth-order valence-electron chi connectivity index (χ4n) is 2.13. The number of amides is 1. The monoisotopic (exact) mass is 362 g/mol. The van der Waals surface area contributed by atoms with Crippen molar-refractivity contribution in [1.82, 2.24) is 10.0 Å². The van der Waals surface area contributed by atoms with E-state index in [9.17, 15) is 13.2 Å². The number of nitrogens with one attached hydrogen (secondary N) is 2. The molecule has 0 saturated heterocycles. The molecule has 6 nitrogen and oxygen atoms in total. The smallest absolute Gasteiger partial charge is 0.241 e. The quantitative estimate of drug-likeness (QED) is 0.788. The number of aryl methyl sites for hydroxylation is 2. The van der Waals surface area contributed by atoms with Crippen LogP contribution in [0.2, 0.25) is 0 Å². The minimum absolute atomic E-state index is 0.151.